The molecular formula is C26H28N4O4. The number of H-pyrrole nitrogens is 1. The van der Waals surface area contributed by atoms with Gasteiger partial charge in [-0.25, -0.2) is 0 Å². The van der Waals surface area contributed by atoms with Gasteiger partial charge in [0, 0.05) is 43.2 Å². The number of fused-ring (bicyclic) bond motifs is 5. The van der Waals surface area contributed by atoms with Gasteiger partial charge < -0.3 is 25.6 Å². The van der Waals surface area contributed by atoms with Crippen LogP contribution in [0.5, 0.6) is 5.75 Å². The lowest BCUT2D eigenvalue weighted by Crippen LogP contribution is -2.41. The molecule has 0 radical (unpaired) electrons. The highest BCUT2D eigenvalue weighted by Gasteiger charge is 2.19. The van der Waals surface area contributed by atoms with Crippen molar-refractivity contribution in [3.63, 3.8) is 0 Å². The van der Waals surface area contributed by atoms with Crippen LogP contribution < -0.4 is 10.6 Å². The predicted octanol–water partition coefficient (Wildman–Crippen LogP) is 2.71. The van der Waals surface area contributed by atoms with Crippen LogP contribution in [0.4, 0.5) is 0 Å². The Kier molecular flexibility index (Phi) is 7.27. The van der Waals surface area contributed by atoms with E-state index in [2.05, 4.69) is 15.6 Å². The molecule has 4 rings (SSSR count). The summed E-state index contributed by atoms with van der Waals surface area (Å²) in [6, 6.07) is 14.1. The van der Waals surface area contributed by atoms with Gasteiger partial charge in [0.15, 0.2) is 0 Å². The number of hydrogen-bond acceptors (Lipinski definition) is 4. The van der Waals surface area contributed by atoms with E-state index in [0.29, 0.717) is 55.6 Å². The first-order valence-corrected chi connectivity index (χ1v) is 11.4. The highest BCUT2D eigenvalue weighted by Crippen LogP contribution is 2.30. The SMILES string of the molecule is O=C1CN(C(=O)c2cc[nH]c2)CCCCNC(=O)c2cccc(c2)-c2cc(ccc2O)CCN1. The molecule has 0 unspecified atom stereocenters. The van der Waals surface area contributed by atoms with Crippen molar-refractivity contribution in [2.75, 3.05) is 26.2 Å². The van der Waals surface area contributed by atoms with Gasteiger partial charge in [0.05, 0.1) is 12.1 Å². The highest BCUT2D eigenvalue weighted by molar-refractivity contribution is 5.96. The largest absolute Gasteiger partial charge is 0.507 e. The van der Waals surface area contributed by atoms with Crippen molar-refractivity contribution in [3.05, 3.63) is 77.6 Å². The minimum atomic E-state index is -0.231. The fourth-order valence-electron chi connectivity index (χ4n) is 4.00. The number of hydrogen-bond donors (Lipinski definition) is 4. The predicted molar refractivity (Wildman–Crippen MR) is 129 cm³/mol. The molecule has 34 heavy (non-hydrogen) atoms. The van der Waals surface area contributed by atoms with E-state index in [9.17, 15) is 19.5 Å². The number of benzene rings is 2. The number of phenolic OH excluding ortho intramolecular Hbond substituents is 1. The van der Waals surface area contributed by atoms with Crippen LogP contribution in [0.15, 0.2) is 60.9 Å². The molecule has 0 fully saturated rings. The molecule has 8 nitrogen and oxygen atoms in total. The van der Waals surface area contributed by atoms with Crippen molar-refractivity contribution in [3.8, 4) is 16.9 Å². The highest BCUT2D eigenvalue weighted by atomic mass is 16.3. The zero-order chi connectivity index (χ0) is 23.9. The third kappa shape index (κ3) is 5.64. The maximum Gasteiger partial charge on any atom is 0.255 e. The van der Waals surface area contributed by atoms with Gasteiger partial charge in [0.1, 0.15) is 5.75 Å². The van der Waals surface area contributed by atoms with Gasteiger partial charge >= 0.3 is 0 Å². The molecule has 8 heteroatoms. The number of aromatic hydroxyl groups is 1. The average molecular weight is 461 g/mol. The fourth-order valence-corrected chi connectivity index (χ4v) is 4.00. The molecular weight excluding hydrogens is 432 g/mol. The van der Waals surface area contributed by atoms with Gasteiger partial charge in [-0.1, -0.05) is 18.2 Å². The molecule has 1 aliphatic heterocycles. The monoisotopic (exact) mass is 460 g/mol. The van der Waals surface area contributed by atoms with Crippen LogP contribution in [-0.4, -0.2) is 58.9 Å². The van der Waals surface area contributed by atoms with Crippen molar-refractivity contribution < 1.29 is 19.5 Å². The number of carbonyl (C=O) groups excluding carboxylic acids is 3. The number of carbonyl (C=O) groups is 3. The van der Waals surface area contributed by atoms with Gasteiger partial charge in [0.2, 0.25) is 5.91 Å². The second kappa shape index (κ2) is 10.7. The van der Waals surface area contributed by atoms with Crippen LogP contribution in [0.3, 0.4) is 0 Å². The Hall–Kier alpha value is -4.07. The summed E-state index contributed by atoms with van der Waals surface area (Å²) in [6.45, 7) is 1.21. The lowest BCUT2D eigenvalue weighted by atomic mass is 9.98. The van der Waals surface area contributed by atoms with Gasteiger partial charge in [-0.15, -0.1) is 0 Å². The summed E-state index contributed by atoms with van der Waals surface area (Å²) in [7, 11) is 0. The lowest BCUT2D eigenvalue weighted by molar-refractivity contribution is -0.121. The van der Waals surface area contributed by atoms with Gasteiger partial charge in [0.25, 0.3) is 11.8 Å². The molecule has 4 bridgehead atoms. The fraction of sp³-hybridized carbons (Fsp3) is 0.269. The molecule has 176 valence electrons. The van der Waals surface area contributed by atoms with E-state index < -0.39 is 0 Å². The van der Waals surface area contributed by atoms with E-state index in [1.807, 2.05) is 18.2 Å². The molecule has 3 aromatic rings. The number of nitrogens with one attached hydrogen (secondary N) is 3. The number of nitrogens with zero attached hydrogens (tertiary/aromatic N) is 1. The van der Waals surface area contributed by atoms with Gasteiger partial charge in [-0.2, -0.15) is 0 Å². The molecule has 0 spiro atoms. The van der Waals surface area contributed by atoms with Crippen LogP contribution in [-0.2, 0) is 11.2 Å². The molecule has 0 aliphatic carbocycles. The first kappa shape index (κ1) is 23.1. The van der Waals surface area contributed by atoms with Crippen LogP contribution in [0.1, 0.15) is 39.1 Å². The Morgan fingerprint density at radius 1 is 0.941 bits per heavy atom. The number of phenols is 1. The van der Waals surface area contributed by atoms with Gasteiger partial charge in [-0.3, -0.25) is 14.4 Å². The van der Waals surface area contributed by atoms with Crippen LogP contribution >= 0.6 is 0 Å². The third-order valence-electron chi connectivity index (χ3n) is 5.84. The first-order chi connectivity index (χ1) is 16.5. The van der Waals surface area contributed by atoms with Crippen molar-refractivity contribution in [1.82, 2.24) is 20.5 Å². The van der Waals surface area contributed by atoms with Crippen molar-refractivity contribution in [1.29, 1.82) is 0 Å². The van der Waals surface area contributed by atoms with Crippen molar-refractivity contribution in [2.24, 2.45) is 0 Å². The lowest BCUT2D eigenvalue weighted by Gasteiger charge is -2.22. The summed E-state index contributed by atoms with van der Waals surface area (Å²) in [4.78, 5) is 42.5. The Bertz CT molecular complexity index is 1170. The molecule has 2 heterocycles. The number of aromatic nitrogens is 1. The summed E-state index contributed by atoms with van der Waals surface area (Å²) in [5.74, 6) is -0.517. The number of rotatable bonds is 1. The smallest absolute Gasteiger partial charge is 0.255 e. The number of aromatic amines is 1. The quantitative estimate of drug-likeness (QED) is 0.447. The van der Waals surface area contributed by atoms with Crippen molar-refractivity contribution >= 4 is 17.7 Å². The molecule has 1 aromatic heterocycles. The Morgan fingerprint density at radius 2 is 1.79 bits per heavy atom. The minimum absolute atomic E-state index is 0.0399. The van der Waals surface area contributed by atoms with Crippen LogP contribution in [0, 0.1) is 0 Å². The zero-order valence-electron chi connectivity index (χ0n) is 18.8. The Morgan fingerprint density at radius 3 is 2.62 bits per heavy atom. The zero-order valence-corrected chi connectivity index (χ0v) is 18.8. The van der Waals surface area contributed by atoms with Gasteiger partial charge in [-0.05, 0) is 60.7 Å². The van der Waals surface area contributed by atoms with Crippen LogP contribution in [0.2, 0.25) is 0 Å². The molecule has 3 amide bonds. The van der Waals surface area contributed by atoms with E-state index in [-0.39, 0.29) is 30.0 Å². The summed E-state index contributed by atoms with van der Waals surface area (Å²) >= 11 is 0. The number of amides is 3. The van der Waals surface area contributed by atoms with Crippen molar-refractivity contribution in [2.45, 2.75) is 19.3 Å². The Balaban J connectivity index is 1.55. The molecule has 2 aromatic carbocycles. The normalized spacial score (nSPS) is 15.6. The standard InChI is InChI=1S/C26H28N4O4/c31-23-7-6-18-8-12-28-24(32)17-30(26(34)21-9-11-27-16-21)13-2-1-10-29-25(33)20-5-3-4-19(15-20)22(23)14-18/h3-7,9,11,14-16,27,31H,1-2,8,10,12-13,17H2,(H,28,32)(H,29,33). The summed E-state index contributed by atoms with van der Waals surface area (Å²) in [5.41, 5.74) is 3.32. The second-order valence-electron chi connectivity index (χ2n) is 8.32. The average Bonchev–Trinajstić information content (AvgIpc) is 3.38. The van der Waals surface area contributed by atoms with E-state index in [1.54, 1.807) is 42.7 Å². The molecule has 0 saturated heterocycles. The molecule has 1 aliphatic rings. The molecule has 0 saturated carbocycles. The molecule has 4 N–H and O–H groups in total. The summed E-state index contributed by atoms with van der Waals surface area (Å²) in [6.07, 6.45) is 5.15. The first-order valence-electron chi connectivity index (χ1n) is 11.4. The minimum Gasteiger partial charge on any atom is -0.507 e. The van der Waals surface area contributed by atoms with E-state index in [0.717, 1.165) is 11.1 Å². The second-order valence-corrected chi connectivity index (χ2v) is 8.32. The summed E-state index contributed by atoms with van der Waals surface area (Å²) in [5, 5.41) is 16.2. The van der Waals surface area contributed by atoms with Crippen LogP contribution in [0.25, 0.3) is 11.1 Å². The van der Waals surface area contributed by atoms with E-state index in [4.69, 9.17) is 0 Å². The third-order valence-corrected chi connectivity index (χ3v) is 5.84. The molecule has 0 atom stereocenters. The maximum absolute atomic E-state index is 12.9. The summed E-state index contributed by atoms with van der Waals surface area (Å²) < 4.78 is 0. The topological polar surface area (TPSA) is 115 Å². The van der Waals surface area contributed by atoms with E-state index >= 15 is 0 Å². The Labute approximate surface area is 198 Å². The van der Waals surface area contributed by atoms with E-state index in [1.165, 1.54) is 4.90 Å². The maximum atomic E-state index is 12.9.